The van der Waals surface area contributed by atoms with Crippen molar-refractivity contribution < 1.29 is 5.11 Å². The van der Waals surface area contributed by atoms with Crippen molar-refractivity contribution in [3.63, 3.8) is 0 Å². The fourth-order valence-corrected chi connectivity index (χ4v) is 2.24. The summed E-state index contributed by atoms with van der Waals surface area (Å²) in [6.45, 7) is 0.574. The molecule has 3 rings (SSSR count). The predicted octanol–water partition coefficient (Wildman–Crippen LogP) is 3.39. The molecule has 0 atom stereocenters. The zero-order valence-electron chi connectivity index (χ0n) is 12.3. The molecule has 5 heteroatoms. The van der Waals surface area contributed by atoms with Crippen LogP contribution in [0.5, 0.6) is 5.75 Å². The molecule has 0 fully saturated rings. The van der Waals surface area contributed by atoms with E-state index < -0.39 is 0 Å². The van der Waals surface area contributed by atoms with Gasteiger partial charge in [0, 0.05) is 24.6 Å². The minimum absolute atomic E-state index is 0.234. The van der Waals surface area contributed by atoms with Crippen LogP contribution in [0.1, 0.15) is 11.1 Å². The highest BCUT2D eigenvalue weighted by Crippen LogP contribution is 2.26. The fourth-order valence-electron chi connectivity index (χ4n) is 2.24. The lowest BCUT2D eigenvalue weighted by molar-refractivity contribution is 0.475. The first-order valence-electron chi connectivity index (χ1n) is 7.08. The van der Waals surface area contributed by atoms with Crippen LogP contribution in [-0.2, 0) is 6.54 Å². The molecule has 23 heavy (non-hydrogen) atoms. The molecule has 0 amide bonds. The number of hydrogen-bond donors (Lipinski definition) is 1. The molecule has 0 bridgehead atoms. The molecule has 0 aliphatic heterocycles. The summed E-state index contributed by atoms with van der Waals surface area (Å²) in [4.78, 5) is 10.5. The number of nitrogens with zero attached hydrogens (tertiary/aromatic N) is 4. The highest BCUT2D eigenvalue weighted by Gasteiger charge is 2.12. The van der Waals surface area contributed by atoms with E-state index in [-0.39, 0.29) is 5.75 Å². The molecule has 0 spiro atoms. The van der Waals surface area contributed by atoms with Crippen molar-refractivity contribution in [2.24, 2.45) is 0 Å². The van der Waals surface area contributed by atoms with E-state index in [0.29, 0.717) is 17.9 Å². The van der Waals surface area contributed by atoms with Crippen LogP contribution in [0.4, 0.5) is 11.5 Å². The molecule has 1 heterocycles. The Morgan fingerprint density at radius 1 is 1.00 bits per heavy atom. The number of aromatic hydroxyl groups is 1. The predicted molar refractivity (Wildman–Crippen MR) is 87.1 cm³/mol. The van der Waals surface area contributed by atoms with Crippen LogP contribution in [0.15, 0.2) is 67.1 Å². The van der Waals surface area contributed by atoms with Crippen molar-refractivity contribution in [3.8, 4) is 11.8 Å². The van der Waals surface area contributed by atoms with Gasteiger partial charge in [0.2, 0.25) is 0 Å². The molecule has 2 aromatic carbocycles. The highest BCUT2D eigenvalue weighted by molar-refractivity contribution is 5.60. The Hall–Kier alpha value is -3.39. The first kappa shape index (κ1) is 14.5. The van der Waals surface area contributed by atoms with E-state index in [2.05, 4.69) is 16.0 Å². The van der Waals surface area contributed by atoms with Crippen molar-refractivity contribution in [2.75, 3.05) is 4.90 Å². The fraction of sp³-hybridized carbons (Fsp3) is 0.0556. The Morgan fingerprint density at radius 2 is 1.74 bits per heavy atom. The Kier molecular flexibility index (Phi) is 4.16. The number of anilines is 2. The standard InChI is InChI=1S/C18H14N4O/c19-11-14-1-5-16(6-2-14)22(18-12-20-9-10-21-18)13-15-3-7-17(23)8-4-15/h1-10,12,23H,13H2. The molecule has 0 saturated carbocycles. The molecule has 3 aromatic rings. The summed E-state index contributed by atoms with van der Waals surface area (Å²) in [5.41, 5.74) is 2.55. The number of benzene rings is 2. The van der Waals surface area contributed by atoms with Crippen LogP contribution in [0, 0.1) is 11.3 Å². The maximum Gasteiger partial charge on any atom is 0.151 e. The summed E-state index contributed by atoms with van der Waals surface area (Å²) in [7, 11) is 0. The minimum Gasteiger partial charge on any atom is -0.508 e. The second-order valence-corrected chi connectivity index (χ2v) is 4.97. The molecular weight excluding hydrogens is 288 g/mol. The number of aromatic nitrogens is 2. The zero-order chi connectivity index (χ0) is 16.1. The molecule has 0 aliphatic carbocycles. The number of rotatable bonds is 4. The Bertz CT molecular complexity index is 808. The maximum absolute atomic E-state index is 9.42. The van der Waals surface area contributed by atoms with Crippen LogP contribution >= 0.6 is 0 Å². The van der Waals surface area contributed by atoms with E-state index in [1.807, 2.05) is 29.2 Å². The second kappa shape index (κ2) is 6.58. The number of nitriles is 1. The van der Waals surface area contributed by atoms with Gasteiger partial charge in [0.05, 0.1) is 17.8 Å². The monoisotopic (exact) mass is 302 g/mol. The van der Waals surface area contributed by atoms with E-state index in [0.717, 1.165) is 11.3 Å². The van der Waals surface area contributed by atoms with E-state index in [1.165, 1.54) is 0 Å². The van der Waals surface area contributed by atoms with Crippen LogP contribution < -0.4 is 4.90 Å². The number of phenols is 1. The van der Waals surface area contributed by atoms with Crippen LogP contribution in [-0.4, -0.2) is 15.1 Å². The van der Waals surface area contributed by atoms with Gasteiger partial charge in [-0.25, -0.2) is 4.98 Å². The van der Waals surface area contributed by atoms with Gasteiger partial charge < -0.3 is 10.0 Å². The summed E-state index contributed by atoms with van der Waals surface area (Å²) in [5, 5.41) is 18.4. The average Bonchev–Trinajstić information content (AvgIpc) is 2.62. The smallest absolute Gasteiger partial charge is 0.151 e. The minimum atomic E-state index is 0.234. The number of hydrogen-bond acceptors (Lipinski definition) is 5. The lowest BCUT2D eigenvalue weighted by Gasteiger charge is -2.23. The van der Waals surface area contributed by atoms with Gasteiger partial charge >= 0.3 is 0 Å². The van der Waals surface area contributed by atoms with E-state index in [4.69, 9.17) is 5.26 Å². The first-order valence-corrected chi connectivity index (χ1v) is 7.08. The molecular formula is C18H14N4O. The molecule has 5 nitrogen and oxygen atoms in total. The van der Waals surface area contributed by atoms with Crippen LogP contribution in [0.25, 0.3) is 0 Å². The van der Waals surface area contributed by atoms with Gasteiger partial charge in [0.1, 0.15) is 5.75 Å². The summed E-state index contributed by atoms with van der Waals surface area (Å²) in [5.74, 6) is 0.948. The van der Waals surface area contributed by atoms with Crippen molar-refractivity contribution in [1.29, 1.82) is 5.26 Å². The van der Waals surface area contributed by atoms with Gasteiger partial charge in [-0.15, -0.1) is 0 Å². The van der Waals surface area contributed by atoms with Crippen LogP contribution in [0.3, 0.4) is 0 Å². The largest absolute Gasteiger partial charge is 0.508 e. The zero-order valence-corrected chi connectivity index (χ0v) is 12.3. The Morgan fingerprint density at radius 3 is 2.35 bits per heavy atom. The van der Waals surface area contributed by atoms with Gasteiger partial charge in [-0.2, -0.15) is 5.26 Å². The number of phenolic OH excluding ortho intramolecular Hbond substituents is 1. The van der Waals surface area contributed by atoms with E-state index in [9.17, 15) is 5.11 Å². The topological polar surface area (TPSA) is 73.0 Å². The first-order chi connectivity index (χ1) is 11.3. The van der Waals surface area contributed by atoms with Crippen LogP contribution in [0.2, 0.25) is 0 Å². The van der Waals surface area contributed by atoms with Gasteiger partial charge in [0.25, 0.3) is 0 Å². The van der Waals surface area contributed by atoms with Gasteiger partial charge in [-0.05, 0) is 42.0 Å². The third-order valence-corrected chi connectivity index (χ3v) is 3.41. The summed E-state index contributed by atoms with van der Waals surface area (Å²) < 4.78 is 0. The molecule has 1 N–H and O–H groups in total. The lowest BCUT2D eigenvalue weighted by atomic mass is 10.1. The molecule has 112 valence electrons. The quantitative estimate of drug-likeness (QED) is 0.799. The summed E-state index contributed by atoms with van der Waals surface area (Å²) >= 11 is 0. The summed E-state index contributed by atoms with van der Waals surface area (Å²) in [6.07, 6.45) is 4.96. The molecule has 0 unspecified atom stereocenters. The van der Waals surface area contributed by atoms with Crippen molar-refractivity contribution >= 4 is 11.5 Å². The second-order valence-electron chi connectivity index (χ2n) is 4.97. The Labute approximate surface area is 134 Å². The molecule has 0 aliphatic rings. The molecule has 0 saturated heterocycles. The Balaban J connectivity index is 1.96. The highest BCUT2D eigenvalue weighted by atomic mass is 16.3. The maximum atomic E-state index is 9.42. The van der Waals surface area contributed by atoms with Crippen molar-refractivity contribution in [2.45, 2.75) is 6.54 Å². The SMILES string of the molecule is N#Cc1ccc(N(Cc2ccc(O)cc2)c2cnccn2)cc1. The third kappa shape index (κ3) is 3.44. The molecule has 1 aromatic heterocycles. The van der Waals surface area contributed by atoms with Gasteiger partial charge in [0.15, 0.2) is 5.82 Å². The van der Waals surface area contributed by atoms with Crippen molar-refractivity contribution in [3.05, 3.63) is 78.2 Å². The van der Waals surface area contributed by atoms with E-state index >= 15 is 0 Å². The lowest BCUT2D eigenvalue weighted by Crippen LogP contribution is -2.17. The summed E-state index contributed by atoms with van der Waals surface area (Å²) in [6, 6.07) is 16.5. The van der Waals surface area contributed by atoms with Crippen molar-refractivity contribution in [1.82, 2.24) is 9.97 Å². The van der Waals surface area contributed by atoms with E-state index in [1.54, 1.807) is 42.9 Å². The third-order valence-electron chi connectivity index (χ3n) is 3.41. The normalized spacial score (nSPS) is 10.0. The molecule has 0 radical (unpaired) electrons. The van der Waals surface area contributed by atoms with Gasteiger partial charge in [-0.3, -0.25) is 4.98 Å². The average molecular weight is 302 g/mol. The van der Waals surface area contributed by atoms with Gasteiger partial charge in [-0.1, -0.05) is 12.1 Å².